The van der Waals surface area contributed by atoms with Crippen LogP contribution >= 0.6 is 0 Å². The Kier molecular flexibility index (Phi) is 1.94. The number of rotatable bonds is 3. The van der Waals surface area contributed by atoms with Gasteiger partial charge in [-0.2, -0.15) is 0 Å². The van der Waals surface area contributed by atoms with Gasteiger partial charge in [-0.05, 0) is 6.42 Å². The highest BCUT2D eigenvalue weighted by Gasteiger charge is 2.36. The number of nitrogens with two attached hydrogens (primary N) is 1. The third-order valence-electron chi connectivity index (χ3n) is 2.13. The van der Waals surface area contributed by atoms with Gasteiger partial charge in [-0.15, -0.1) is 0 Å². The van der Waals surface area contributed by atoms with Crippen LogP contribution in [0, 0.1) is 10.8 Å². The van der Waals surface area contributed by atoms with Gasteiger partial charge in [0, 0.05) is 11.8 Å². The van der Waals surface area contributed by atoms with Crippen molar-refractivity contribution in [1.29, 1.82) is 5.41 Å². The van der Waals surface area contributed by atoms with Crippen LogP contribution in [0.4, 0.5) is 0 Å². The zero-order valence-corrected chi connectivity index (χ0v) is 6.31. The van der Waals surface area contributed by atoms with Crippen LogP contribution in [0.2, 0.25) is 0 Å². The van der Waals surface area contributed by atoms with Gasteiger partial charge in [0.2, 0.25) is 0 Å². The van der Waals surface area contributed by atoms with Crippen molar-refractivity contribution in [2.45, 2.75) is 19.8 Å². The maximum atomic E-state index is 7.11. The molecule has 1 fully saturated rings. The molecule has 10 heavy (non-hydrogen) atoms. The number of amidine groups is 1. The predicted octanol–water partition coefficient (Wildman–Crippen LogP) is 0.739. The minimum absolute atomic E-state index is 0.214. The van der Waals surface area contributed by atoms with Gasteiger partial charge in [0.15, 0.2) is 0 Å². The standard InChI is InChI=1S/C7H14N2O/c1-2-7(3-6(8)9)4-10-5-7/h2-5H2,1H3,(H3,8,9). The Morgan fingerprint density at radius 3 is 2.40 bits per heavy atom. The van der Waals surface area contributed by atoms with Gasteiger partial charge in [0.05, 0.1) is 19.0 Å². The first-order valence-electron chi connectivity index (χ1n) is 3.59. The Bertz CT molecular complexity index is 135. The van der Waals surface area contributed by atoms with E-state index in [-0.39, 0.29) is 11.3 Å². The van der Waals surface area contributed by atoms with Crippen molar-refractivity contribution in [2.24, 2.45) is 11.1 Å². The van der Waals surface area contributed by atoms with Crippen molar-refractivity contribution >= 4 is 5.84 Å². The van der Waals surface area contributed by atoms with E-state index in [4.69, 9.17) is 15.9 Å². The maximum Gasteiger partial charge on any atom is 0.0912 e. The molecule has 1 rings (SSSR count). The average molecular weight is 142 g/mol. The van der Waals surface area contributed by atoms with E-state index in [9.17, 15) is 0 Å². The Hall–Kier alpha value is -0.570. The van der Waals surface area contributed by atoms with Gasteiger partial charge < -0.3 is 10.5 Å². The van der Waals surface area contributed by atoms with Crippen molar-refractivity contribution in [3.05, 3.63) is 0 Å². The highest BCUT2D eigenvalue weighted by Crippen LogP contribution is 2.34. The van der Waals surface area contributed by atoms with Crippen LogP contribution in [-0.2, 0) is 4.74 Å². The van der Waals surface area contributed by atoms with Gasteiger partial charge in [0.25, 0.3) is 0 Å². The number of nitrogens with one attached hydrogen (secondary N) is 1. The number of hydrogen-bond acceptors (Lipinski definition) is 2. The summed E-state index contributed by atoms with van der Waals surface area (Å²) >= 11 is 0. The fourth-order valence-electron chi connectivity index (χ4n) is 1.23. The Labute approximate surface area is 61.1 Å². The van der Waals surface area contributed by atoms with E-state index >= 15 is 0 Å². The second-order valence-corrected chi connectivity index (χ2v) is 3.05. The Morgan fingerprint density at radius 1 is 1.70 bits per heavy atom. The van der Waals surface area contributed by atoms with E-state index in [0.29, 0.717) is 6.42 Å². The molecule has 3 nitrogen and oxygen atoms in total. The predicted molar refractivity (Wildman–Crippen MR) is 40.1 cm³/mol. The normalized spacial score (nSPS) is 21.7. The van der Waals surface area contributed by atoms with E-state index in [2.05, 4.69) is 6.92 Å². The SMILES string of the molecule is CCC1(CC(=N)N)COC1. The molecule has 1 heterocycles. The molecule has 1 aliphatic rings. The van der Waals surface area contributed by atoms with E-state index in [1.807, 2.05) is 0 Å². The zero-order valence-electron chi connectivity index (χ0n) is 6.31. The lowest BCUT2D eigenvalue weighted by molar-refractivity contribution is -0.110. The molecule has 0 amide bonds. The number of hydrogen-bond donors (Lipinski definition) is 2. The summed E-state index contributed by atoms with van der Waals surface area (Å²) in [6, 6.07) is 0. The van der Waals surface area contributed by atoms with Gasteiger partial charge in [-0.1, -0.05) is 6.92 Å². The third-order valence-corrected chi connectivity index (χ3v) is 2.13. The molecule has 0 aromatic heterocycles. The first-order valence-corrected chi connectivity index (χ1v) is 3.59. The van der Waals surface area contributed by atoms with E-state index in [1.165, 1.54) is 0 Å². The van der Waals surface area contributed by atoms with Crippen LogP contribution in [0.25, 0.3) is 0 Å². The van der Waals surface area contributed by atoms with Gasteiger partial charge >= 0.3 is 0 Å². The summed E-state index contributed by atoms with van der Waals surface area (Å²) in [5.41, 5.74) is 5.51. The molecule has 0 aromatic carbocycles. The minimum atomic E-state index is 0.214. The Balaban J connectivity index is 2.40. The number of ether oxygens (including phenoxy) is 1. The van der Waals surface area contributed by atoms with Crippen molar-refractivity contribution in [3.8, 4) is 0 Å². The van der Waals surface area contributed by atoms with E-state index in [1.54, 1.807) is 0 Å². The molecule has 0 radical (unpaired) electrons. The average Bonchev–Trinajstić information content (AvgIpc) is 1.78. The van der Waals surface area contributed by atoms with E-state index in [0.717, 1.165) is 19.6 Å². The van der Waals surface area contributed by atoms with Crippen LogP contribution in [0.5, 0.6) is 0 Å². The molecule has 3 N–H and O–H groups in total. The van der Waals surface area contributed by atoms with Crippen molar-refractivity contribution in [1.82, 2.24) is 0 Å². The molecule has 0 unspecified atom stereocenters. The minimum Gasteiger partial charge on any atom is -0.388 e. The van der Waals surface area contributed by atoms with Crippen LogP contribution in [0.1, 0.15) is 19.8 Å². The summed E-state index contributed by atoms with van der Waals surface area (Å²) < 4.78 is 5.08. The lowest BCUT2D eigenvalue weighted by Gasteiger charge is -2.40. The largest absolute Gasteiger partial charge is 0.388 e. The lowest BCUT2D eigenvalue weighted by atomic mass is 9.80. The van der Waals surface area contributed by atoms with Crippen LogP contribution in [0.3, 0.4) is 0 Å². The quantitative estimate of drug-likeness (QED) is 0.451. The van der Waals surface area contributed by atoms with Crippen molar-refractivity contribution in [3.63, 3.8) is 0 Å². The maximum absolute atomic E-state index is 7.11. The van der Waals surface area contributed by atoms with Crippen LogP contribution in [0.15, 0.2) is 0 Å². The molecule has 0 atom stereocenters. The molecule has 0 aromatic rings. The molecule has 0 bridgehead atoms. The van der Waals surface area contributed by atoms with E-state index < -0.39 is 0 Å². The summed E-state index contributed by atoms with van der Waals surface area (Å²) in [6.07, 6.45) is 1.76. The summed E-state index contributed by atoms with van der Waals surface area (Å²) in [6.45, 7) is 3.68. The summed E-state index contributed by atoms with van der Waals surface area (Å²) in [5.74, 6) is 0.283. The van der Waals surface area contributed by atoms with Gasteiger partial charge in [-0.3, -0.25) is 5.41 Å². The molecule has 3 heteroatoms. The second-order valence-electron chi connectivity index (χ2n) is 3.05. The van der Waals surface area contributed by atoms with Crippen molar-refractivity contribution < 1.29 is 4.74 Å². The zero-order chi connectivity index (χ0) is 7.61. The fourth-order valence-corrected chi connectivity index (χ4v) is 1.23. The first-order chi connectivity index (χ1) is 4.68. The fraction of sp³-hybridized carbons (Fsp3) is 0.857. The van der Waals surface area contributed by atoms with Crippen LogP contribution in [-0.4, -0.2) is 19.0 Å². The first kappa shape index (κ1) is 7.54. The third kappa shape index (κ3) is 1.29. The molecule has 0 saturated carbocycles. The van der Waals surface area contributed by atoms with Crippen LogP contribution < -0.4 is 5.73 Å². The Morgan fingerprint density at radius 2 is 2.30 bits per heavy atom. The lowest BCUT2D eigenvalue weighted by Crippen LogP contribution is -2.44. The molecular weight excluding hydrogens is 128 g/mol. The second kappa shape index (κ2) is 2.58. The molecular formula is C7H14N2O. The monoisotopic (exact) mass is 142 g/mol. The highest BCUT2D eigenvalue weighted by atomic mass is 16.5. The highest BCUT2D eigenvalue weighted by molar-refractivity contribution is 5.77. The molecule has 0 aliphatic carbocycles. The van der Waals surface area contributed by atoms with Gasteiger partial charge in [0.1, 0.15) is 0 Å². The van der Waals surface area contributed by atoms with Gasteiger partial charge in [-0.25, -0.2) is 0 Å². The molecule has 1 saturated heterocycles. The summed E-state index contributed by atoms with van der Waals surface area (Å²) in [4.78, 5) is 0. The molecule has 58 valence electrons. The molecule has 1 aliphatic heterocycles. The summed E-state index contributed by atoms with van der Waals surface area (Å²) in [7, 11) is 0. The molecule has 0 spiro atoms. The summed E-state index contributed by atoms with van der Waals surface area (Å²) in [5, 5.41) is 7.11. The van der Waals surface area contributed by atoms with Crippen molar-refractivity contribution in [2.75, 3.05) is 13.2 Å². The smallest absolute Gasteiger partial charge is 0.0912 e. The topological polar surface area (TPSA) is 59.1 Å².